The number of hydrogen-bond acceptors (Lipinski definition) is 11. The van der Waals surface area contributed by atoms with E-state index >= 15 is 0 Å². The molecule has 15 nitrogen and oxygen atoms in total. The zero-order valence-corrected chi connectivity index (χ0v) is 30.7. The van der Waals surface area contributed by atoms with Crippen molar-refractivity contribution in [2.45, 2.75) is 103 Å². The summed E-state index contributed by atoms with van der Waals surface area (Å²) in [5, 5.41) is 13.4. The molecule has 0 spiro atoms. The van der Waals surface area contributed by atoms with E-state index in [2.05, 4.69) is 26.6 Å². The van der Waals surface area contributed by atoms with E-state index in [9.17, 15) is 28.8 Å². The Kier molecular flexibility index (Phi) is 18.5. The minimum atomic E-state index is -1.15. The van der Waals surface area contributed by atoms with Crippen LogP contribution in [-0.4, -0.2) is 96.8 Å². The topological polar surface area (TPSA) is 216 Å². The predicted octanol–water partition coefficient (Wildman–Crippen LogP) is 1.51. The van der Waals surface area contributed by atoms with E-state index in [0.717, 1.165) is 0 Å². The number of thioether (sulfide) groups is 1. The standard InChI is InChI=1S/C33H54N6O9S/c1-21(40)35-16-10-9-11-25(34)28(42)39-27(33(6,7)49-20-37-22(2)41)29(43)38-26(30(44)46-8)19-23-12-14-24(15-13-23)47-18-17-36-31(45)48-32(3,4)5/h12-15,25-27H,9-11,16-20,34H2,1-8H3,(H,35,40)(H,36,45)(H,37,41)(H,38,43)(H,39,42)/t25-,26-,27+/m0/s1. The van der Waals surface area contributed by atoms with Crippen LogP contribution in [0.5, 0.6) is 5.75 Å². The van der Waals surface area contributed by atoms with Crippen molar-refractivity contribution in [3.8, 4) is 5.75 Å². The van der Waals surface area contributed by atoms with Gasteiger partial charge in [0.25, 0.3) is 0 Å². The molecule has 276 valence electrons. The maximum Gasteiger partial charge on any atom is 0.407 e. The second kappa shape index (κ2) is 21.1. The van der Waals surface area contributed by atoms with E-state index < -0.39 is 52.4 Å². The van der Waals surface area contributed by atoms with Crippen LogP contribution >= 0.6 is 11.8 Å². The highest BCUT2D eigenvalue weighted by molar-refractivity contribution is 8.00. The van der Waals surface area contributed by atoms with Gasteiger partial charge >= 0.3 is 12.1 Å². The van der Waals surface area contributed by atoms with E-state index in [1.54, 1.807) is 58.9 Å². The molecule has 0 aliphatic heterocycles. The third-order valence-corrected chi connectivity index (χ3v) is 8.13. The lowest BCUT2D eigenvalue weighted by Gasteiger charge is -2.35. The zero-order chi connectivity index (χ0) is 37.2. The van der Waals surface area contributed by atoms with Crippen LogP contribution in [-0.2, 0) is 39.9 Å². The van der Waals surface area contributed by atoms with Crippen LogP contribution in [0.2, 0.25) is 0 Å². The van der Waals surface area contributed by atoms with E-state index in [4.69, 9.17) is 19.9 Å². The summed E-state index contributed by atoms with van der Waals surface area (Å²) in [5.41, 5.74) is 6.23. The number of carbonyl (C=O) groups is 6. The molecule has 0 fully saturated rings. The smallest absolute Gasteiger partial charge is 0.407 e. The lowest BCUT2D eigenvalue weighted by atomic mass is 9.99. The number of nitrogens with two attached hydrogens (primary N) is 1. The van der Waals surface area contributed by atoms with E-state index in [0.29, 0.717) is 37.1 Å². The van der Waals surface area contributed by atoms with Gasteiger partial charge in [0, 0.05) is 31.6 Å². The number of rotatable bonds is 20. The number of esters is 1. The highest BCUT2D eigenvalue weighted by atomic mass is 32.2. The Bertz CT molecular complexity index is 1250. The highest BCUT2D eigenvalue weighted by Gasteiger charge is 2.39. The molecule has 0 aliphatic carbocycles. The van der Waals surface area contributed by atoms with Gasteiger partial charge in [-0.2, -0.15) is 0 Å². The molecule has 5 amide bonds. The number of ether oxygens (including phenoxy) is 3. The average molecular weight is 711 g/mol. The second-order valence-corrected chi connectivity index (χ2v) is 14.5. The Morgan fingerprint density at radius 3 is 2.04 bits per heavy atom. The lowest BCUT2D eigenvalue weighted by molar-refractivity contribution is -0.145. The summed E-state index contributed by atoms with van der Waals surface area (Å²) in [4.78, 5) is 74.1. The maximum atomic E-state index is 13.8. The first-order valence-electron chi connectivity index (χ1n) is 16.1. The van der Waals surface area contributed by atoms with Gasteiger partial charge in [-0.05, 0) is 71.6 Å². The second-order valence-electron chi connectivity index (χ2n) is 12.9. The van der Waals surface area contributed by atoms with Crippen LogP contribution in [0.3, 0.4) is 0 Å². The Hall–Kier alpha value is -4.05. The SMILES string of the molecule is COC(=O)[C@H](Cc1ccc(OCCNC(=O)OC(C)(C)C)cc1)NC(=O)[C@@H](NC(=O)[C@@H](N)CCCCNC(C)=O)C(C)(C)SCNC(C)=O. The maximum absolute atomic E-state index is 13.8. The zero-order valence-electron chi connectivity index (χ0n) is 29.9. The number of amides is 5. The fourth-order valence-corrected chi connectivity index (χ4v) is 5.26. The molecule has 49 heavy (non-hydrogen) atoms. The Labute approximate surface area is 293 Å². The molecule has 0 heterocycles. The van der Waals surface area contributed by atoms with E-state index in [1.807, 2.05) is 0 Å². The van der Waals surface area contributed by atoms with Crippen molar-refractivity contribution < 1.29 is 43.0 Å². The quantitative estimate of drug-likeness (QED) is 0.0648. The van der Waals surface area contributed by atoms with E-state index in [1.165, 1.54) is 32.7 Å². The van der Waals surface area contributed by atoms with Gasteiger partial charge in [-0.3, -0.25) is 19.2 Å². The van der Waals surface area contributed by atoms with Gasteiger partial charge in [0.2, 0.25) is 23.6 Å². The molecule has 0 radical (unpaired) electrons. The van der Waals surface area contributed by atoms with Crippen LogP contribution < -0.4 is 37.1 Å². The van der Waals surface area contributed by atoms with Gasteiger partial charge in [-0.15, -0.1) is 11.8 Å². The summed E-state index contributed by atoms with van der Waals surface area (Å²) in [7, 11) is 1.21. The molecule has 0 saturated carbocycles. The first-order chi connectivity index (χ1) is 22.8. The molecule has 0 saturated heterocycles. The number of alkyl carbamates (subject to hydrolysis) is 1. The van der Waals surface area contributed by atoms with Crippen molar-refractivity contribution >= 4 is 47.5 Å². The van der Waals surface area contributed by atoms with Crippen molar-refractivity contribution in [2.24, 2.45) is 5.73 Å². The Balaban J connectivity index is 2.97. The minimum absolute atomic E-state index is 0.0762. The molecule has 16 heteroatoms. The molecule has 1 aromatic rings. The fraction of sp³-hybridized carbons (Fsp3) is 0.636. The van der Waals surface area contributed by atoms with Gasteiger partial charge in [0.15, 0.2) is 0 Å². The molecule has 0 bridgehead atoms. The first-order valence-corrected chi connectivity index (χ1v) is 17.1. The number of unbranched alkanes of at least 4 members (excludes halogenated alkanes) is 1. The largest absolute Gasteiger partial charge is 0.492 e. The molecular weight excluding hydrogens is 656 g/mol. The third kappa shape index (κ3) is 18.3. The van der Waals surface area contributed by atoms with Gasteiger partial charge in [-0.1, -0.05) is 12.1 Å². The van der Waals surface area contributed by atoms with Crippen molar-refractivity contribution in [1.82, 2.24) is 26.6 Å². The molecule has 0 unspecified atom stereocenters. The summed E-state index contributed by atoms with van der Waals surface area (Å²) < 4.78 is 14.9. The van der Waals surface area contributed by atoms with Gasteiger partial charge in [0.1, 0.15) is 30.0 Å². The predicted molar refractivity (Wildman–Crippen MR) is 187 cm³/mol. The molecule has 3 atom stereocenters. The first kappa shape index (κ1) is 43.0. The van der Waals surface area contributed by atoms with Crippen LogP contribution in [0.4, 0.5) is 4.79 Å². The number of carbonyl (C=O) groups excluding carboxylic acids is 6. The summed E-state index contributed by atoms with van der Waals surface area (Å²) in [6, 6.07) is 3.69. The number of nitrogens with one attached hydrogen (secondary N) is 5. The van der Waals surface area contributed by atoms with Crippen molar-refractivity contribution in [3.63, 3.8) is 0 Å². The Morgan fingerprint density at radius 1 is 0.837 bits per heavy atom. The highest BCUT2D eigenvalue weighted by Crippen LogP contribution is 2.28. The monoisotopic (exact) mass is 710 g/mol. The summed E-state index contributed by atoms with van der Waals surface area (Å²) in [6.45, 7) is 12.5. The molecular formula is C33H54N6O9S. The van der Waals surface area contributed by atoms with Crippen LogP contribution in [0.15, 0.2) is 24.3 Å². The van der Waals surface area contributed by atoms with Gasteiger partial charge in [0.05, 0.1) is 25.6 Å². The lowest BCUT2D eigenvalue weighted by Crippen LogP contribution is -2.61. The molecule has 0 aliphatic rings. The van der Waals surface area contributed by atoms with E-state index in [-0.39, 0.29) is 37.3 Å². The van der Waals surface area contributed by atoms with Gasteiger partial charge < -0.3 is 46.5 Å². The average Bonchev–Trinajstić information content (AvgIpc) is 3.00. The molecule has 1 rings (SSSR count). The molecule has 7 N–H and O–H groups in total. The number of methoxy groups -OCH3 is 1. The number of benzene rings is 1. The van der Waals surface area contributed by atoms with Crippen LogP contribution in [0.25, 0.3) is 0 Å². The van der Waals surface area contributed by atoms with Crippen LogP contribution in [0.1, 0.15) is 73.3 Å². The molecule has 0 aromatic heterocycles. The van der Waals surface area contributed by atoms with Crippen LogP contribution in [0, 0.1) is 0 Å². The number of hydrogen-bond donors (Lipinski definition) is 6. The minimum Gasteiger partial charge on any atom is -0.492 e. The molecule has 1 aromatic carbocycles. The van der Waals surface area contributed by atoms with Crippen molar-refractivity contribution in [2.75, 3.05) is 32.7 Å². The summed E-state index contributed by atoms with van der Waals surface area (Å²) >= 11 is 1.23. The van der Waals surface area contributed by atoms with Gasteiger partial charge in [-0.25, -0.2) is 9.59 Å². The summed E-state index contributed by atoms with van der Waals surface area (Å²) in [5.74, 6) is -1.59. The normalized spacial score (nSPS) is 13.2. The summed E-state index contributed by atoms with van der Waals surface area (Å²) in [6.07, 6.45) is 1.05. The Morgan fingerprint density at radius 2 is 1.47 bits per heavy atom. The van der Waals surface area contributed by atoms with Crippen molar-refractivity contribution in [3.05, 3.63) is 29.8 Å². The van der Waals surface area contributed by atoms with Crippen molar-refractivity contribution in [1.29, 1.82) is 0 Å². The third-order valence-electron chi connectivity index (χ3n) is 6.87. The fourth-order valence-electron chi connectivity index (χ4n) is 4.28.